The lowest BCUT2D eigenvalue weighted by atomic mass is 9.97. The Morgan fingerprint density at radius 3 is 2.71 bits per heavy atom. The number of ether oxygens (including phenoxy) is 2. The lowest BCUT2D eigenvalue weighted by molar-refractivity contribution is -0.137. The van der Waals surface area contributed by atoms with Crippen LogP contribution in [0.1, 0.15) is 5.56 Å². The number of amidine groups is 1. The normalized spacial score (nSPS) is 16.1. The number of hydrogen-bond donors (Lipinski definition) is 2. The van der Waals surface area contributed by atoms with Crippen LogP contribution in [0.25, 0.3) is 0 Å². The average Bonchev–Trinajstić information content (AvgIpc) is 2.93. The molecule has 34 heavy (non-hydrogen) atoms. The molecule has 2 N–H and O–H groups in total. The summed E-state index contributed by atoms with van der Waals surface area (Å²) in [5.41, 5.74) is 4.52. The highest BCUT2D eigenvalue weighted by atomic mass is 35.5. The van der Waals surface area contributed by atoms with Crippen LogP contribution in [-0.2, 0) is 16.0 Å². The molecule has 182 valence electrons. The van der Waals surface area contributed by atoms with Crippen LogP contribution in [0.4, 0.5) is 5.69 Å². The Morgan fingerprint density at radius 1 is 1.21 bits per heavy atom. The Morgan fingerprint density at radius 2 is 2.00 bits per heavy atom. The molecule has 0 aliphatic carbocycles. The van der Waals surface area contributed by atoms with Crippen LogP contribution < -0.4 is 20.2 Å². The van der Waals surface area contributed by atoms with Gasteiger partial charge >= 0.3 is 0 Å². The molecule has 1 aliphatic heterocycles. The largest absolute Gasteiger partial charge is 0.497 e. The van der Waals surface area contributed by atoms with E-state index in [1.165, 1.54) is 4.90 Å². The molecule has 0 unspecified atom stereocenters. The number of anilines is 1. The summed E-state index contributed by atoms with van der Waals surface area (Å²) in [4.78, 5) is 32.4. The summed E-state index contributed by atoms with van der Waals surface area (Å²) in [5.74, 6) is 0.934. The van der Waals surface area contributed by atoms with Crippen molar-refractivity contribution in [2.24, 2.45) is 10.9 Å². The van der Waals surface area contributed by atoms with Crippen molar-refractivity contribution in [3.05, 3.63) is 53.1 Å². The van der Waals surface area contributed by atoms with Gasteiger partial charge < -0.3 is 25.1 Å². The molecule has 0 aromatic heterocycles. The first-order chi connectivity index (χ1) is 16.3. The minimum Gasteiger partial charge on any atom is -0.497 e. The maximum Gasteiger partial charge on any atom is 0.244 e. The van der Waals surface area contributed by atoms with Crippen molar-refractivity contribution in [1.29, 1.82) is 0 Å². The van der Waals surface area contributed by atoms with Crippen LogP contribution in [0, 0.1) is 5.92 Å². The van der Waals surface area contributed by atoms with Crippen molar-refractivity contribution in [3.63, 3.8) is 0 Å². The molecule has 0 fully saturated rings. The molecular weight excluding hydrogens is 458 g/mol. The van der Waals surface area contributed by atoms with Gasteiger partial charge in [0.1, 0.15) is 23.9 Å². The highest BCUT2D eigenvalue weighted by Crippen LogP contribution is 2.27. The summed E-state index contributed by atoms with van der Waals surface area (Å²) in [6, 6.07) is 12.4. The molecule has 9 nitrogen and oxygen atoms in total. The topological polar surface area (TPSA) is 95.5 Å². The number of rotatable bonds is 8. The number of hydrazine groups is 1. The predicted octanol–water partition coefficient (Wildman–Crippen LogP) is 2.46. The SMILES string of the molecule is COc1cccc(NC(=O)CN2CC(NN(C)C)=NC[C@@H](Cc3cc(Cl)ccc3OC)C2=O)c1. The van der Waals surface area contributed by atoms with Crippen LogP contribution in [0.3, 0.4) is 0 Å². The molecule has 0 bridgehead atoms. The molecule has 0 saturated heterocycles. The van der Waals surface area contributed by atoms with E-state index in [0.29, 0.717) is 34.5 Å². The van der Waals surface area contributed by atoms with E-state index in [9.17, 15) is 9.59 Å². The fraction of sp³-hybridized carbons (Fsp3) is 0.375. The van der Waals surface area contributed by atoms with Crippen molar-refractivity contribution in [2.75, 3.05) is 53.3 Å². The van der Waals surface area contributed by atoms with Gasteiger partial charge in [-0.1, -0.05) is 17.7 Å². The third-order valence-electron chi connectivity index (χ3n) is 5.25. The molecule has 10 heteroatoms. The molecule has 2 aromatic rings. The van der Waals surface area contributed by atoms with E-state index in [2.05, 4.69) is 15.7 Å². The number of aliphatic imine (C=N–C) groups is 1. The fourth-order valence-electron chi connectivity index (χ4n) is 3.73. The zero-order valence-electron chi connectivity index (χ0n) is 19.8. The van der Waals surface area contributed by atoms with Gasteiger partial charge in [0.05, 0.1) is 33.2 Å². The van der Waals surface area contributed by atoms with Crippen LogP contribution in [0.5, 0.6) is 11.5 Å². The Kier molecular flexibility index (Phi) is 8.72. The van der Waals surface area contributed by atoms with E-state index in [0.717, 1.165) is 5.56 Å². The van der Waals surface area contributed by atoms with Crippen LogP contribution >= 0.6 is 11.6 Å². The van der Waals surface area contributed by atoms with Crippen molar-refractivity contribution >= 4 is 34.9 Å². The summed E-state index contributed by atoms with van der Waals surface area (Å²) in [6.45, 7) is 0.345. The number of carbonyl (C=O) groups is 2. The second kappa shape index (κ2) is 11.7. The van der Waals surface area contributed by atoms with Crippen molar-refractivity contribution in [3.8, 4) is 11.5 Å². The quantitative estimate of drug-likeness (QED) is 0.555. The maximum absolute atomic E-state index is 13.5. The zero-order valence-corrected chi connectivity index (χ0v) is 20.6. The number of nitrogens with one attached hydrogen (secondary N) is 2. The summed E-state index contributed by atoms with van der Waals surface area (Å²) in [7, 11) is 6.81. The Bertz CT molecular complexity index is 1060. The van der Waals surface area contributed by atoms with E-state index >= 15 is 0 Å². The summed E-state index contributed by atoms with van der Waals surface area (Å²) in [5, 5.41) is 5.14. The number of carbonyl (C=O) groups excluding carboxylic acids is 2. The number of halogens is 1. The van der Waals surface area contributed by atoms with Gasteiger partial charge in [0, 0.05) is 30.9 Å². The van der Waals surface area contributed by atoms with Gasteiger partial charge in [-0.25, -0.2) is 5.01 Å². The lowest BCUT2D eigenvalue weighted by Gasteiger charge is -2.25. The maximum atomic E-state index is 13.5. The number of hydrogen-bond acceptors (Lipinski definition) is 7. The van der Waals surface area contributed by atoms with Crippen LogP contribution in [-0.4, -0.2) is 75.5 Å². The minimum absolute atomic E-state index is 0.118. The molecule has 1 atom stereocenters. The number of amides is 2. The van der Waals surface area contributed by atoms with Crippen molar-refractivity contribution in [1.82, 2.24) is 15.3 Å². The molecule has 2 amide bonds. The van der Waals surface area contributed by atoms with Gasteiger partial charge in [0.25, 0.3) is 0 Å². The van der Waals surface area contributed by atoms with Gasteiger partial charge in [0.15, 0.2) is 0 Å². The lowest BCUT2D eigenvalue weighted by Crippen LogP contribution is -2.47. The Labute approximate surface area is 204 Å². The third kappa shape index (κ3) is 6.85. The first kappa shape index (κ1) is 25.3. The summed E-state index contributed by atoms with van der Waals surface area (Å²) >= 11 is 6.18. The minimum atomic E-state index is -0.474. The number of methoxy groups -OCH3 is 2. The second-order valence-corrected chi connectivity index (χ2v) is 8.56. The Hall–Kier alpha value is -3.30. The first-order valence-electron chi connectivity index (χ1n) is 10.8. The van der Waals surface area contributed by atoms with Gasteiger partial charge in [0.2, 0.25) is 11.8 Å². The van der Waals surface area contributed by atoms with E-state index < -0.39 is 5.92 Å². The van der Waals surface area contributed by atoms with Gasteiger partial charge in [-0.15, -0.1) is 0 Å². The molecule has 0 saturated carbocycles. The second-order valence-electron chi connectivity index (χ2n) is 8.13. The molecule has 0 radical (unpaired) electrons. The van der Waals surface area contributed by atoms with Gasteiger partial charge in [-0.05, 0) is 42.3 Å². The smallest absolute Gasteiger partial charge is 0.244 e. The van der Waals surface area contributed by atoms with Gasteiger partial charge in [-0.3, -0.25) is 14.6 Å². The zero-order chi connectivity index (χ0) is 24.7. The third-order valence-corrected chi connectivity index (χ3v) is 5.49. The predicted molar refractivity (Wildman–Crippen MR) is 133 cm³/mol. The van der Waals surface area contributed by atoms with E-state index in [1.807, 2.05) is 14.1 Å². The fourth-order valence-corrected chi connectivity index (χ4v) is 3.92. The molecular formula is C24H30ClN5O4. The van der Waals surface area contributed by atoms with Gasteiger partial charge in [-0.2, -0.15) is 0 Å². The first-order valence-corrected chi connectivity index (χ1v) is 11.2. The monoisotopic (exact) mass is 487 g/mol. The molecule has 1 heterocycles. The highest BCUT2D eigenvalue weighted by molar-refractivity contribution is 6.30. The van der Waals surface area contributed by atoms with E-state index in [-0.39, 0.29) is 31.4 Å². The summed E-state index contributed by atoms with van der Waals surface area (Å²) in [6.07, 6.45) is 0.384. The molecule has 3 rings (SSSR count). The van der Waals surface area contributed by atoms with Crippen LogP contribution in [0.2, 0.25) is 5.02 Å². The summed E-state index contributed by atoms with van der Waals surface area (Å²) < 4.78 is 10.7. The standard InChI is InChI=1S/C24H30ClN5O4/c1-29(2)28-22-14-30(15-23(31)27-19-6-5-7-20(12-19)33-3)24(32)17(13-26-22)10-16-11-18(25)8-9-21(16)34-4/h5-9,11-12,17H,10,13-15H2,1-4H3,(H,26,28)(H,27,31)/t17-/m1/s1. The molecule has 0 spiro atoms. The van der Waals surface area contributed by atoms with Crippen LogP contribution in [0.15, 0.2) is 47.5 Å². The van der Waals surface area contributed by atoms with Crippen molar-refractivity contribution in [2.45, 2.75) is 6.42 Å². The van der Waals surface area contributed by atoms with E-state index in [1.54, 1.807) is 61.7 Å². The molecule has 2 aromatic carbocycles. The number of nitrogens with zero attached hydrogens (tertiary/aromatic N) is 3. The molecule has 1 aliphatic rings. The highest BCUT2D eigenvalue weighted by Gasteiger charge is 2.31. The Balaban J connectivity index is 1.80. The average molecular weight is 488 g/mol. The number of benzene rings is 2. The van der Waals surface area contributed by atoms with E-state index in [4.69, 9.17) is 21.1 Å². The van der Waals surface area contributed by atoms with Crippen molar-refractivity contribution < 1.29 is 19.1 Å².